The molecule has 0 unspecified atom stereocenters. The molecule has 2 aromatic rings. The fourth-order valence-corrected chi connectivity index (χ4v) is 2.10. The highest BCUT2D eigenvalue weighted by Crippen LogP contribution is 2.23. The summed E-state index contributed by atoms with van der Waals surface area (Å²) in [6.07, 6.45) is 2.58. The zero-order valence-electron chi connectivity index (χ0n) is 10.9. The van der Waals surface area contributed by atoms with Gasteiger partial charge in [-0.1, -0.05) is 28.0 Å². The Hall–Kier alpha value is -1.33. The molecule has 0 fully saturated rings. The molecule has 4 nitrogen and oxygen atoms in total. The standard InChI is InChI=1S/C14H17BrN2O2/c1-2-6-18-14-4-3-12(15)8-11(14)9-16-10-13-5-7-19-17-13/h3-5,7-8,16H,2,6,9-10H2,1H3. The Bertz CT molecular complexity index is 500. The number of nitrogens with one attached hydrogen (secondary N) is 1. The lowest BCUT2D eigenvalue weighted by Gasteiger charge is -2.12. The maximum atomic E-state index is 5.73. The van der Waals surface area contributed by atoms with Gasteiger partial charge in [-0.2, -0.15) is 0 Å². The Morgan fingerprint density at radius 1 is 1.32 bits per heavy atom. The van der Waals surface area contributed by atoms with E-state index in [0.29, 0.717) is 6.54 Å². The van der Waals surface area contributed by atoms with Gasteiger partial charge in [0.1, 0.15) is 12.0 Å². The first-order chi connectivity index (χ1) is 9.29. The first-order valence-corrected chi connectivity index (χ1v) is 7.10. The molecule has 0 aliphatic heterocycles. The summed E-state index contributed by atoms with van der Waals surface area (Å²) >= 11 is 3.48. The van der Waals surface area contributed by atoms with Crippen molar-refractivity contribution in [3.63, 3.8) is 0 Å². The van der Waals surface area contributed by atoms with Crippen LogP contribution in [0.1, 0.15) is 24.6 Å². The van der Waals surface area contributed by atoms with Gasteiger partial charge in [-0.25, -0.2) is 0 Å². The predicted molar refractivity (Wildman–Crippen MR) is 77.0 cm³/mol. The van der Waals surface area contributed by atoms with Crippen molar-refractivity contribution in [3.05, 3.63) is 46.3 Å². The number of hydrogen-bond acceptors (Lipinski definition) is 4. The summed E-state index contributed by atoms with van der Waals surface area (Å²) in [6, 6.07) is 7.90. The van der Waals surface area contributed by atoms with Crippen molar-refractivity contribution in [3.8, 4) is 5.75 Å². The quantitative estimate of drug-likeness (QED) is 0.846. The summed E-state index contributed by atoms with van der Waals surface area (Å²) in [5.74, 6) is 0.928. The minimum atomic E-state index is 0.677. The second-order valence-electron chi connectivity index (χ2n) is 4.19. The molecule has 1 N–H and O–H groups in total. The van der Waals surface area contributed by atoms with Gasteiger partial charge in [-0.15, -0.1) is 0 Å². The van der Waals surface area contributed by atoms with Gasteiger partial charge in [-0.05, 0) is 24.6 Å². The average Bonchev–Trinajstić information content (AvgIpc) is 2.91. The molecule has 5 heteroatoms. The maximum Gasteiger partial charge on any atom is 0.124 e. The molecule has 102 valence electrons. The van der Waals surface area contributed by atoms with Crippen LogP contribution in [0.3, 0.4) is 0 Å². The normalized spacial score (nSPS) is 10.6. The fourth-order valence-electron chi connectivity index (χ4n) is 1.69. The fraction of sp³-hybridized carbons (Fsp3) is 0.357. The second-order valence-corrected chi connectivity index (χ2v) is 5.11. The van der Waals surface area contributed by atoms with Crippen LogP contribution < -0.4 is 10.1 Å². The topological polar surface area (TPSA) is 47.3 Å². The van der Waals surface area contributed by atoms with Crippen molar-refractivity contribution >= 4 is 15.9 Å². The second kappa shape index (κ2) is 7.31. The van der Waals surface area contributed by atoms with Gasteiger partial charge in [0.25, 0.3) is 0 Å². The SMILES string of the molecule is CCCOc1ccc(Br)cc1CNCc1ccon1. The molecule has 19 heavy (non-hydrogen) atoms. The van der Waals surface area contributed by atoms with E-state index in [-0.39, 0.29) is 0 Å². The van der Waals surface area contributed by atoms with Gasteiger partial charge in [0, 0.05) is 29.2 Å². The molecule has 0 aliphatic carbocycles. The largest absolute Gasteiger partial charge is 0.493 e. The molecule has 0 radical (unpaired) electrons. The third-order valence-electron chi connectivity index (χ3n) is 2.60. The third kappa shape index (κ3) is 4.36. The van der Waals surface area contributed by atoms with E-state index in [9.17, 15) is 0 Å². The van der Waals surface area contributed by atoms with Crippen LogP contribution in [0.15, 0.2) is 39.5 Å². The summed E-state index contributed by atoms with van der Waals surface area (Å²) in [5, 5.41) is 7.18. The van der Waals surface area contributed by atoms with Crippen molar-refractivity contribution in [1.82, 2.24) is 10.5 Å². The number of nitrogens with zero attached hydrogens (tertiary/aromatic N) is 1. The summed E-state index contributed by atoms with van der Waals surface area (Å²) in [7, 11) is 0. The van der Waals surface area contributed by atoms with Crippen LogP contribution >= 0.6 is 15.9 Å². The predicted octanol–water partition coefficient (Wildman–Crippen LogP) is 3.52. The van der Waals surface area contributed by atoms with E-state index in [4.69, 9.17) is 9.26 Å². The van der Waals surface area contributed by atoms with E-state index < -0.39 is 0 Å². The highest BCUT2D eigenvalue weighted by Gasteiger charge is 2.05. The number of halogens is 1. The van der Waals surface area contributed by atoms with Crippen molar-refractivity contribution in [2.24, 2.45) is 0 Å². The molecule has 0 aliphatic rings. The van der Waals surface area contributed by atoms with Crippen LogP contribution in [-0.4, -0.2) is 11.8 Å². The summed E-state index contributed by atoms with van der Waals surface area (Å²) < 4.78 is 11.6. The number of hydrogen-bond donors (Lipinski definition) is 1. The van der Waals surface area contributed by atoms with Gasteiger partial charge in [0.15, 0.2) is 0 Å². The summed E-state index contributed by atoms with van der Waals surface area (Å²) in [6.45, 7) is 4.24. The van der Waals surface area contributed by atoms with Gasteiger partial charge < -0.3 is 14.6 Å². The lowest BCUT2D eigenvalue weighted by atomic mass is 10.2. The van der Waals surface area contributed by atoms with Crippen LogP contribution in [-0.2, 0) is 13.1 Å². The van der Waals surface area contributed by atoms with E-state index >= 15 is 0 Å². The van der Waals surface area contributed by atoms with Gasteiger partial charge in [0.2, 0.25) is 0 Å². The molecule has 1 heterocycles. The Morgan fingerprint density at radius 2 is 2.21 bits per heavy atom. The van der Waals surface area contributed by atoms with E-state index in [1.807, 2.05) is 18.2 Å². The maximum absolute atomic E-state index is 5.73. The molecular weight excluding hydrogens is 308 g/mol. The molecule has 0 amide bonds. The molecule has 0 saturated heterocycles. The third-order valence-corrected chi connectivity index (χ3v) is 3.09. The Kier molecular flexibility index (Phi) is 5.42. The van der Waals surface area contributed by atoms with Gasteiger partial charge in [-0.3, -0.25) is 0 Å². The minimum absolute atomic E-state index is 0.677. The highest BCUT2D eigenvalue weighted by molar-refractivity contribution is 9.10. The van der Waals surface area contributed by atoms with E-state index in [1.165, 1.54) is 0 Å². The number of aromatic nitrogens is 1. The van der Waals surface area contributed by atoms with Crippen LogP contribution in [0.25, 0.3) is 0 Å². The number of rotatable bonds is 7. The first kappa shape index (κ1) is 14.1. The average molecular weight is 325 g/mol. The molecule has 0 spiro atoms. The van der Waals surface area contributed by atoms with Crippen molar-refractivity contribution in [2.45, 2.75) is 26.4 Å². The van der Waals surface area contributed by atoms with Crippen molar-refractivity contribution in [1.29, 1.82) is 0 Å². The van der Waals surface area contributed by atoms with Crippen LogP contribution in [0.2, 0.25) is 0 Å². The molecule has 0 saturated carbocycles. The van der Waals surface area contributed by atoms with E-state index in [0.717, 1.165) is 41.1 Å². The van der Waals surface area contributed by atoms with E-state index in [2.05, 4.69) is 39.4 Å². The zero-order valence-corrected chi connectivity index (χ0v) is 12.4. The molecule has 1 aromatic carbocycles. The molecule has 0 atom stereocenters. The van der Waals surface area contributed by atoms with Crippen molar-refractivity contribution in [2.75, 3.05) is 6.61 Å². The molecule has 1 aromatic heterocycles. The van der Waals surface area contributed by atoms with Crippen LogP contribution in [0, 0.1) is 0 Å². The minimum Gasteiger partial charge on any atom is -0.493 e. The van der Waals surface area contributed by atoms with E-state index in [1.54, 1.807) is 6.26 Å². The molecule has 2 rings (SSSR count). The number of benzene rings is 1. The lowest BCUT2D eigenvalue weighted by Crippen LogP contribution is -2.14. The summed E-state index contributed by atoms with van der Waals surface area (Å²) in [5.41, 5.74) is 2.03. The smallest absolute Gasteiger partial charge is 0.124 e. The van der Waals surface area contributed by atoms with Gasteiger partial charge in [0.05, 0.1) is 12.3 Å². The Labute approximate surface area is 121 Å². The highest BCUT2D eigenvalue weighted by atomic mass is 79.9. The van der Waals surface area contributed by atoms with Crippen molar-refractivity contribution < 1.29 is 9.26 Å². The Balaban J connectivity index is 1.95. The molecular formula is C14H17BrN2O2. The van der Waals surface area contributed by atoms with Crippen LogP contribution in [0.5, 0.6) is 5.75 Å². The summed E-state index contributed by atoms with van der Waals surface area (Å²) in [4.78, 5) is 0. The molecule has 0 bridgehead atoms. The van der Waals surface area contributed by atoms with Gasteiger partial charge >= 0.3 is 0 Å². The monoisotopic (exact) mass is 324 g/mol. The number of ether oxygens (including phenoxy) is 1. The lowest BCUT2D eigenvalue weighted by molar-refractivity contribution is 0.313. The Morgan fingerprint density at radius 3 is 2.95 bits per heavy atom. The zero-order chi connectivity index (χ0) is 13.5. The van der Waals surface area contributed by atoms with Crippen LogP contribution in [0.4, 0.5) is 0 Å². The first-order valence-electron chi connectivity index (χ1n) is 6.31.